The van der Waals surface area contributed by atoms with Gasteiger partial charge in [-0.1, -0.05) is 36.1 Å². The van der Waals surface area contributed by atoms with E-state index in [0.29, 0.717) is 22.2 Å². The molecule has 4 aromatic rings. The molecule has 1 N–H and O–H groups in total. The highest BCUT2D eigenvalue weighted by Gasteiger charge is 2.45. The number of hydrogen-bond donors (Lipinski definition) is 1. The van der Waals surface area contributed by atoms with E-state index in [0.717, 1.165) is 22.5 Å². The standard InChI is InChI=1S/C27H22N2O6S/c1-5-10-34-26(33)24-15(4)28-27(36-24)29-21(16-6-8-17(30)9-7-16)20-22(31)18-11-13(2)14(3)12-19(18)35-23(20)25(29)32/h5-9,11-12,21,30H,1,10H2,2-4H3. The summed E-state index contributed by atoms with van der Waals surface area (Å²) in [6, 6.07) is 8.89. The molecule has 2 aromatic carbocycles. The Morgan fingerprint density at radius 3 is 2.58 bits per heavy atom. The predicted molar refractivity (Wildman–Crippen MR) is 136 cm³/mol. The van der Waals surface area contributed by atoms with Crippen LogP contribution in [0.5, 0.6) is 5.75 Å². The highest BCUT2D eigenvalue weighted by atomic mass is 32.1. The minimum absolute atomic E-state index is 0.0412. The predicted octanol–water partition coefficient (Wildman–Crippen LogP) is 4.97. The SMILES string of the molecule is C=CCOC(=O)c1sc(N2C(=O)c3oc4cc(C)c(C)cc4c(=O)c3C2c2ccc(O)cc2)nc1C. The van der Waals surface area contributed by atoms with Gasteiger partial charge in [-0.2, -0.15) is 0 Å². The number of thiazole rings is 1. The van der Waals surface area contributed by atoms with E-state index in [4.69, 9.17) is 9.15 Å². The van der Waals surface area contributed by atoms with Crippen molar-refractivity contribution >= 4 is 39.3 Å². The first-order valence-electron chi connectivity index (χ1n) is 11.2. The lowest BCUT2D eigenvalue weighted by Gasteiger charge is -2.22. The van der Waals surface area contributed by atoms with Gasteiger partial charge in [0.1, 0.15) is 22.8 Å². The number of hydrogen-bond acceptors (Lipinski definition) is 8. The molecule has 3 heterocycles. The summed E-state index contributed by atoms with van der Waals surface area (Å²) in [6.07, 6.45) is 1.46. The minimum Gasteiger partial charge on any atom is -0.508 e. The summed E-state index contributed by atoms with van der Waals surface area (Å²) in [5.41, 5.74) is 3.03. The fraction of sp³-hybridized carbons (Fsp3) is 0.185. The maximum absolute atomic E-state index is 13.8. The molecule has 36 heavy (non-hydrogen) atoms. The Labute approximate surface area is 210 Å². The van der Waals surface area contributed by atoms with Gasteiger partial charge in [0.15, 0.2) is 10.6 Å². The molecule has 182 valence electrons. The van der Waals surface area contributed by atoms with Gasteiger partial charge < -0.3 is 14.3 Å². The van der Waals surface area contributed by atoms with Crippen LogP contribution in [0.25, 0.3) is 11.0 Å². The van der Waals surface area contributed by atoms with Crippen LogP contribution in [0.3, 0.4) is 0 Å². The van der Waals surface area contributed by atoms with E-state index in [1.54, 1.807) is 31.2 Å². The molecule has 0 bridgehead atoms. The number of phenolic OH excluding ortho intramolecular Hbond substituents is 1. The number of aryl methyl sites for hydroxylation is 3. The number of amides is 1. The van der Waals surface area contributed by atoms with Gasteiger partial charge in [0.25, 0.3) is 5.91 Å². The molecule has 0 saturated heterocycles. The third kappa shape index (κ3) is 3.68. The summed E-state index contributed by atoms with van der Waals surface area (Å²) < 4.78 is 11.2. The summed E-state index contributed by atoms with van der Waals surface area (Å²) in [5.74, 6) is -1.14. The topological polar surface area (TPSA) is 110 Å². The van der Waals surface area contributed by atoms with Crippen molar-refractivity contribution in [2.75, 3.05) is 11.5 Å². The van der Waals surface area contributed by atoms with Crippen molar-refractivity contribution in [1.82, 2.24) is 4.98 Å². The number of benzene rings is 2. The molecule has 0 aliphatic carbocycles. The van der Waals surface area contributed by atoms with E-state index in [-0.39, 0.29) is 39.1 Å². The number of fused-ring (bicyclic) bond motifs is 2. The molecule has 8 nitrogen and oxygen atoms in total. The lowest BCUT2D eigenvalue weighted by molar-refractivity contribution is 0.0554. The van der Waals surface area contributed by atoms with Crippen LogP contribution < -0.4 is 10.3 Å². The molecule has 5 rings (SSSR count). The first kappa shape index (κ1) is 23.5. The maximum Gasteiger partial charge on any atom is 0.350 e. The number of phenols is 1. The lowest BCUT2D eigenvalue weighted by atomic mass is 9.97. The third-order valence-electron chi connectivity index (χ3n) is 6.20. The molecule has 2 aromatic heterocycles. The zero-order chi connectivity index (χ0) is 25.7. The smallest absolute Gasteiger partial charge is 0.350 e. The molecule has 0 saturated carbocycles. The minimum atomic E-state index is -0.863. The van der Waals surface area contributed by atoms with Crippen molar-refractivity contribution in [2.45, 2.75) is 26.8 Å². The molecular weight excluding hydrogens is 480 g/mol. The van der Waals surface area contributed by atoms with Crippen LogP contribution in [0.15, 0.2) is 58.3 Å². The van der Waals surface area contributed by atoms with Gasteiger partial charge in [-0.3, -0.25) is 14.5 Å². The lowest BCUT2D eigenvalue weighted by Crippen LogP contribution is -2.29. The molecule has 0 radical (unpaired) electrons. The number of esters is 1. The first-order valence-corrected chi connectivity index (χ1v) is 12.0. The summed E-state index contributed by atoms with van der Waals surface area (Å²) in [4.78, 5) is 46.1. The summed E-state index contributed by atoms with van der Waals surface area (Å²) in [6.45, 7) is 9.04. The Morgan fingerprint density at radius 1 is 1.19 bits per heavy atom. The van der Waals surface area contributed by atoms with Crippen LogP contribution in [0.4, 0.5) is 5.13 Å². The van der Waals surface area contributed by atoms with E-state index >= 15 is 0 Å². The fourth-order valence-corrected chi connectivity index (χ4v) is 5.26. The van der Waals surface area contributed by atoms with E-state index < -0.39 is 17.9 Å². The molecule has 1 atom stereocenters. The number of rotatable bonds is 5. The highest BCUT2D eigenvalue weighted by molar-refractivity contribution is 7.17. The molecule has 9 heteroatoms. The fourth-order valence-electron chi connectivity index (χ4n) is 4.27. The van der Waals surface area contributed by atoms with Crippen molar-refractivity contribution in [2.24, 2.45) is 0 Å². The van der Waals surface area contributed by atoms with Gasteiger partial charge in [-0.25, -0.2) is 9.78 Å². The van der Waals surface area contributed by atoms with Crippen molar-refractivity contribution in [3.63, 3.8) is 0 Å². The number of anilines is 1. The Balaban J connectivity index is 1.73. The number of nitrogens with zero attached hydrogens (tertiary/aromatic N) is 2. The van der Waals surface area contributed by atoms with E-state index in [2.05, 4.69) is 11.6 Å². The molecule has 1 amide bonds. The molecule has 1 aliphatic rings. The van der Waals surface area contributed by atoms with E-state index in [1.807, 2.05) is 13.8 Å². The summed E-state index contributed by atoms with van der Waals surface area (Å²) in [7, 11) is 0. The normalized spacial score (nSPS) is 14.8. The largest absolute Gasteiger partial charge is 0.508 e. The van der Waals surface area contributed by atoms with Crippen molar-refractivity contribution in [3.05, 3.63) is 97.9 Å². The van der Waals surface area contributed by atoms with Gasteiger partial charge in [-0.15, -0.1) is 0 Å². The quantitative estimate of drug-likeness (QED) is 0.303. The van der Waals surface area contributed by atoms with Crippen molar-refractivity contribution in [1.29, 1.82) is 0 Å². The van der Waals surface area contributed by atoms with Crippen LogP contribution in [-0.4, -0.2) is 28.6 Å². The van der Waals surface area contributed by atoms with E-state index in [9.17, 15) is 19.5 Å². The number of carbonyl (C=O) groups is 2. The van der Waals surface area contributed by atoms with Crippen LogP contribution in [0.2, 0.25) is 0 Å². The Morgan fingerprint density at radius 2 is 1.89 bits per heavy atom. The number of aromatic nitrogens is 1. The van der Waals surface area contributed by atoms with Gasteiger partial charge in [0.05, 0.1) is 22.7 Å². The molecule has 1 aliphatic heterocycles. The van der Waals surface area contributed by atoms with Gasteiger partial charge >= 0.3 is 5.97 Å². The second kappa shape index (κ2) is 8.76. The van der Waals surface area contributed by atoms with Crippen LogP contribution in [-0.2, 0) is 4.74 Å². The maximum atomic E-state index is 13.8. The van der Waals surface area contributed by atoms with Crippen molar-refractivity contribution < 1.29 is 23.8 Å². The summed E-state index contributed by atoms with van der Waals surface area (Å²) >= 11 is 0.998. The molecular formula is C27H22N2O6S. The Kier molecular flexibility index (Phi) is 5.72. The zero-order valence-electron chi connectivity index (χ0n) is 19.8. The second-order valence-corrected chi connectivity index (χ2v) is 9.55. The van der Waals surface area contributed by atoms with Crippen molar-refractivity contribution in [3.8, 4) is 5.75 Å². The van der Waals surface area contributed by atoms with Crippen LogP contribution in [0, 0.1) is 20.8 Å². The first-order chi connectivity index (χ1) is 17.2. The molecule has 0 spiro atoms. The average Bonchev–Trinajstić information content (AvgIpc) is 3.37. The average molecular weight is 503 g/mol. The number of aromatic hydroxyl groups is 1. The monoisotopic (exact) mass is 502 g/mol. The molecule has 0 fully saturated rings. The van der Waals surface area contributed by atoms with Gasteiger partial charge in [-0.05, 0) is 61.7 Å². The number of ether oxygens (including phenoxy) is 1. The zero-order valence-corrected chi connectivity index (χ0v) is 20.6. The third-order valence-corrected chi connectivity index (χ3v) is 7.34. The Hall–Kier alpha value is -4.24. The summed E-state index contributed by atoms with van der Waals surface area (Å²) in [5, 5.41) is 10.4. The van der Waals surface area contributed by atoms with Crippen LogP contribution >= 0.6 is 11.3 Å². The highest BCUT2D eigenvalue weighted by Crippen LogP contribution is 2.43. The Bertz CT molecular complexity index is 1620. The van der Waals surface area contributed by atoms with Crippen LogP contribution in [0.1, 0.15) is 54.2 Å². The van der Waals surface area contributed by atoms with Gasteiger partial charge in [0.2, 0.25) is 5.76 Å². The van der Waals surface area contributed by atoms with Gasteiger partial charge in [0, 0.05) is 0 Å². The second-order valence-electron chi connectivity index (χ2n) is 8.57. The number of carbonyl (C=O) groups excluding carboxylic acids is 2. The van der Waals surface area contributed by atoms with E-state index in [1.165, 1.54) is 23.1 Å². The molecule has 1 unspecified atom stereocenters.